The van der Waals surface area contributed by atoms with Gasteiger partial charge in [-0.1, -0.05) is 32.0 Å². The van der Waals surface area contributed by atoms with Crippen molar-refractivity contribution >= 4 is 27.3 Å². The summed E-state index contributed by atoms with van der Waals surface area (Å²) in [4.78, 5) is 15.9. The maximum Gasteiger partial charge on any atom is 0.252 e. The van der Waals surface area contributed by atoms with Crippen LogP contribution in [0, 0.1) is 17.2 Å². The zero-order chi connectivity index (χ0) is 25.8. The second kappa shape index (κ2) is 11.2. The highest BCUT2D eigenvalue weighted by molar-refractivity contribution is 7.91. The fourth-order valence-corrected chi connectivity index (χ4v) is 7.24. The number of sulfonamides is 1. The van der Waals surface area contributed by atoms with Gasteiger partial charge in [-0.2, -0.15) is 9.57 Å². The van der Waals surface area contributed by atoms with Gasteiger partial charge in [0.05, 0.1) is 12.0 Å². The summed E-state index contributed by atoms with van der Waals surface area (Å²) in [5, 5.41) is 11.5. The molecular weight excluding hydrogens is 480 g/mol. The van der Waals surface area contributed by atoms with Gasteiger partial charge in [0, 0.05) is 36.6 Å². The second-order valence-corrected chi connectivity index (χ2v) is 13.6. The Morgan fingerprint density at radius 3 is 2.43 bits per heavy atom. The van der Waals surface area contributed by atoms with Gasteiger partial charge >= 0.3 is 0 Å². The van der Waals surface area contributed by atoms with Crippen LogP contribution < -0.4 is 5.32 Å². The van der Waals surface area contributed by atoms with E-state index >= 15 is 0 Å². The first-order chi connectivity index (χ1) is 16.4. The van der Waals surface area contributed by atoms with Crippen molar-refractivity contribution in [2.45, 2.75) is 56.7 Å². The van der Waals surface area contributed by atoms with Crippen LogP contribution in [0.1, 0.15) is 52.5 Å². The molecule has 1 saturated heterocycles. The fraction of sp³-hybridized carbons (Fsp3) is 0.538. The summed E-state index contributed by atoms with van der Waals surface area (Å²) >= 11 is 1.26. The van der Waals surface area contributed by atoms with Crippen LogP contribution in [0.25, 0.3) is 10.4 Å². The molecule has 2 aromatic rings. The molecule has 7 nitrogen and oxygen atoms in total. The molecule has 0 spiro atoms. The minimum atomic E-state index is -3.55. The summed E-state index contributed by atoms with van der Waals surface area (Å²) < 4.78 is 28.5. The van der Waals surface area contributed by atoms with Crippen molar-refractivity contribution in [1.29, 1.82) is 5.26 Å². The quantitative estimate of drug-likeness (QED) is 0.529. The molecule has 0 saturated carbocycles. The van der Waals surface area contributed by atoms with Gasteiger partial charge in [0.15, 0.2) is 0 Å². The Morgan fingerprint density at radius 1 is 1.14 bits per heavy atom. The van der Waals surface area contributed by atoms with E-state index in [1.807, 2.05) is 36.4 Å². The number of benzene rings is 1. The number of hydrogen-bond donors (Lipinski definition) is 1. The van der Waals surface area contributed by atoms with Gasteiger partial charge in [0.1, 0.15) is 10.8 Å². The molecule has 9 heteroatoms. The van der Waals surface area contributed by atoms with Gasteiger partial charge in [-0.15, -0.1) is 11.3 Å². The van der Waals surface area contributed by atoms with Crippen LogP contribution in [0.4, 0.5) is 0 Å². The van der Waals surface area contributed by atoms with Crippen molar-refractivity contribution in [1.82, 2.24) is 14.5 Å². The summed E-state index contributed by atoms with van der Waals surface area (Å²) in [6, 6.07) is 13.2. The van der Waals surface area contributed by atoms with Crippen LogP contribution in [0.5, 0.6) is 0 Å². The number of amides is 1. The van der Waals surface area contributed by atoms with Crippen molar-refractivity contribution in [3.8, 4) is 16.5 Å². The summed E-state index contributed by atoms with van der Waals surface area (Å²) in [7, 11) is -3.55. The third kappa shape index (κ3) is 6.70. The second-order valence-electron chi connectivity index (χ2n) is 10.4. The molecule has 0 unspecified atom stereocenters. The van der Waals surface area contributed by atoms with E-state index in [-0.39, 0.29) is 23.9 Å². The molecular formula is C26H36N4O3S2. The molecule has 1 amide bonds. The molecule has 2 heterocycles. The molecule has 190 valence electrons. The van der Waals surface area contributed by atoms with Crippen LogP contribution in [0.3, 0.4) is 0 Å². The van der Waals surface area contributed by atoms with Crippen LogP contribution >= 0.6 is 11.3 Å². The van der Waals surface area contributed by atoms with Gasteiger partial charge in [-0.25, -0.2) is 8.42 Å². The Hall–Kier alpha value is -2.25. The molecule has 1 aromatic heterocycles. The molecule has 1 aliphatic heterocycles. The number of rotatable bonds is 8. The Morgan fingerprint density at radius 2 is 1.83 bits per heavy atom. The average Bonchev–Trinajstić information content (AvgIpc) is 3.32. The Bertz CT molecular complexity index is 1170. The third-order valence-electron chi connectivity index (χ3n) is 6.30. The number of nitrogens with one attached hydrogen (secondary N) is 1. The summed E-state index contributed by atoms with van der Waals surface area (Å²) in [5.41, 5.74) is 1.77. The minimum Gasteiger partial charge on any atom is -0.342 e. The number of carbonyl (C=O) groups is 1. The first kappa shape index (κ1) is 27.3. The monoisotopic (exact) mass is 516 g/mol. The third-order valence-corrected chi connectivity index (χ3v) is 9.80. The highest BCUT2D eigenvalue weighted by Gasteiger charge is 2.33. The zero-order valence-corrected chi connectivity index (χ0v) is 22.9. The maximum absolute atomic E-state index is 13.3. The normalized spacial score (nSPS) is 16.7. The van der Waals surface area contributed by atoms with Crippen LogP contribution in [0.15, 0.2) is 40.6 Å². The SMILES string of the molecule is CC(C)C[C@@H](C(=O)NCC#N)c1cccc(-c2ccc(S(=O)(=O)N3CCN(C(C)(C)C)CC3)s2)c1. The maximum atomic E-state index is 13.3. The zero-order valence-electron chi connectivity index (χ0n) is 21.2. The molecule has 1 aliphatic rings. The van der Waals surface area contributed by atoms with E-state index in [9.17, 15) is 13.2 Å². The lowest BCUT2D eigenvalue weighted by Gasteiger charge is -2.41. The number of nitrogens with zero attached hydrogens (tertiary/aromatic N) is 3. The highest BCUT2D eigenvalue weighted by atomic mass is 32.2. The molecule has 3 rings (SSSR count). The van der Waals surface area contributed by atoms with E-state index in [0.29, 0.717) is 42.7 Å². The van der Waals surface area contributed by atoms with Crippen LogP contribution in [-0.2, 0) is 14.8 Å². The Kier molecular flexibility index (Phi) is 8.76. The fourth-order valence-electron chi connectivity index (χ4n) is 4.36. The average molecular weight is 517 g/mol. The van der Waals surface area contributed by atoms with Crippen LogP contribution in [0.2, 0.25) is 0 Å². The number of carbonyl (C=O) groups excluding carboxylic acids is 1. The molecule has 35 heavy (non-hydrogen) atoms. The first-order valence-electron chi connectivity index (χ1n) is 12.0. The van der Waals surface area contributed by atoms with Gasteiger partial charge in [0.25, 0.3) is 10.0 Å². The van der Waals surface area contributed by atoms with E-state index in [1.54, 1.807) is 10.4 Å². The summed E-state index contributed by atoms with van der Waals surface area (Å²) in [5.74, 6) is -0.236. The molecule has 1 atom stereocenters. The number of nitriles is 1. The lowest BCUT2D eigenvalue weighted by molar-refractivity contribution is -0.122. The predicted molar refractivity (Wildman–Crippen MR) is 141 cm³/mol. The molecule has 1 N–H and O–H groups in total. The smallest absolute Gasteiger partial charge is 0.252 e. The standard InChI is InChI=1S/C26H36N4O3S2/c1-19(2)17-22(25(31)28-12-11-27)20-7-6-8-21(18-20)23-9-10-24(34-23)35(32,33)30-15-13-29(14-16-30)26(3,4)5/h6-10,18-19,22H,12-17H2,1-5H3,(H,28,31)/t22-/m1/s1. The molecule has 0 aliphatic carbocycles. The van der Waals surface area contributed by atoms with Gasteiger partial charge in [0.2, 0.25) is 5.91 Å². The molecule has 0 radical (unpaired) electrons. The van der Waals surface area contributed by atoms with Gasteiger partial charge in [-0.3, -0.25) is 9.69 Å². The lowest BCUT2D eigenvalue weighted by Crippen LogP contribution is -2.54. The van der Waals surface area contributed by atoms with Crippen LogP contribution in [-0.4, -0.2) is 61.8 Å². The summed E-state index contributed by atoms with van der Waals surface area (Å²) in [6.07, 6.45) is 0.658. The van der Waals surface area contributed by atoms with E-state index in [4.69, 9.17) is 5.26 Å². The molecule has 0 bridgehead atoms. The lowest BCUT2D eigenvalue weighted by atomic mass is 9.88. The topological polar surface area (TPSA) is 93.5 Å². The Labute approximate surface area is 213 Å². The van der Waals surface area contributed by atoms with E-state index in [2.05, 4.69) is 44.8 Å². The van der Waals surface area contributed by atoms with Crippen molar-refractivity contribution in [3.05, 3.63) is 42.0 Å². The van der Waals surface area contributed by atoms with E-state index < -0.39 is 10.0 Å². The van der Waals surface area contributed by atoms with Gasteiger partial charge < -0.3 is 5.32 Å². The minimum absolute atomic E-state index is 0.0237. The summed E-state index contributed by atoms with van der Waals surface area (Å²) in [6.45, 7) is 12.9. The Balaban J connectivity index is 1.81. The van der Waals surface area contributed by atoms with Crippen molar-refractivity contribution < 1.29 is 13.2 Å². The largest absolute Gasteiger partial charge is 0.342 e. The van der Waals surface area contributed by atoms with Crippen molar-refractivity contribution in [2.75, 3.05) is 32.7 Å². The molecule has 1 fully saturated rings. The van der Waals surface area contributed by atoms with E-state index in [1.165, 1.54) is 11.3 Å². The van der Waals surface area contributed by atoms with Gasteiger partial charge in [-0.05, 0) is 62.4 Å². The van der Waals surface area contributed by atoms with Crippen molar-refractivity contribution in [2.24, 2.45) is 5.92 Å². The number of thiophene rings is 1. The predicted octanol–water partition coefficient (Wildman–Crippen LogP) is 4.29. The van der Waals surface area contributed by atoms with Crippen molar-refractivity contribution in [3.63, 3.8) is 0 Å². The molecule has 1 aromatic carbocycles. The number of hydrogen-bond acceptors (Lipinski definition) is 6. The van der Waals surface area contributed by atoms with E-state index in [0.717, 1.165) is 16.0 Å². The number of piperazine rings is 1. The highest BCUT2D eigenvalue weighted by Crippen LogP contribution is 2.35. The first-order valence-corrected chi connectivity index (χ1v) is 14.3.